The van der Waals surface area contributed by atoms with Gasteiger partial charge in [0.05, 0.1) is 0 Å². The maximum atomic E-state index is 5.18. The predicted octanol–water partition coefficient (Wildman–Crippen LogP) is 2.05. The summed E-state index contributed by atoms with van der Waals surface area (Å²) in [7, 11) is 0. The minimum absolute atomic E-state index is 0.425. The van der Waals surface area contributed by atoms with E-state index in [2.05, 4.69) is 31.4 Å². The van der Waals surface area contributed by atoms with Gasteiger partial charge in [-0.15, -0.1) is 0 Å². The molecule has 1 aliphatic carbocycles. The number of hydrogen-bond acceptors (Lipinski definition) is 1. The summed E-state index contributed by atoms with van der Waals surface area (Å²) in [5, 5.41) is 7.33. The Labute approximate surface area is 86.5 Å². The van der Waals surface area contributed by atoms with Gasteiger partial charge in [-0.25, -0.2) is 0 Å². The van der Waals surface area contributed by atoms with Gasteiger partial charge in [0.1, 0.15) is 0 Å². The molecule has 1 atom stereocenters. The largest absolute Gasteiger partial charge is 0.361 e. The van der Waals surface area contributed by atoms with E-state index in [9.17, 15) is 0 Å². The van der Waals surface area contributed by atoms with Crippen LogP contribution >= 0.6 is 12.2 Å². The van der Waals surface area contributed by atoms with Crippen molar-refractivity contribution < 1.29 is 0 Å². The lowest BCUT2D eigenvalue weighted by Gasteiger charge is -2.32. The Bertz CT molecular complexity index is 176. The molecule has 0 radical (unpaired) electrons. The van der Waals surface area contributed by atoms with Gasteiger partial charge in [-0.05, 0) is 51.7 Å². The molecule has 1 unspecified atom stereocenters. The molecule has 0 bridgehead atoms. The molecular formula is C10H20N2S. The van der Waals surface area contributed by atoms with Gasteiger partial charge in [0, 0.05) is 12.1 Å². The smallest absolute Gasteiger partial charge is 0.166 e. The minimum Gasteiger partial charge on any atom is -0.361 e. The average molecular weight is 200 g/mol. The van der Waals surface area contributed by atoms with Crippen LogP contribution in [-0.4, -0.2) is 17.2 Å². The number of rotatable bonds is 3. The van der Waals surface area contributed by atoms with Gasteiger partial charge in [-0.1, -0.05) is 6.42 Å². The lowest BCUT2D eigenvalue weighted by atomic mass is 9.80. The molecule has 13 heavy (non-hydrogen) atoms. The van der Waals surface area contributed by atoms with Gasteiger partial charge in [0.2, 0.25) is 0 Å². The predicted molar refractivity (Wildman–Crippen MR) is 60.8 cm³/mol. The highest BCUT2D eigenvalue weighted by Gasteiger charge is 2.24. The Hall–Kier alpha value is -0.310. The Balaban J connectivity index is 2.18. The summed E-state index contributed by atoms with van der Waals surface area (Å²) in [6.07, 6.45) is 4.11. The first-order valence-corrected chi connectivity index (χ1v) is 5.57. The highest BCUT2D eigenvalue weighted by Crippen LogP contribution is 2.29. The minimum atomic E-state index is 0.425. The maximum Gasteiger partial charge on any atom is 0.166 e. The van der Waals surface area contributed by atoms with Crippen LogP contribution in [0.2, 0.25) is 0 Å². The first kappa shape index (κ1) is 10.8. The quantitative estimate of drug-likeness (QED) is 0.682. The van der Waals surface area contributed by atoms with Crippen LogP contribution < -0.4 is 10.6 Å². The molecule has 1 fully saturated rings. The monoisotopic (exact) mass is 200 g/mol. The second kappa shape index (κ2) is 4.80. The molecule has 1 saturated carbocycles. The number of hydrogen-bond donors (Lipinski definition) is 2. The van der Waals surface area contributed by atoms with E-state index in [1.54, 1.807) is 0 Å². The Morgan fingerprint density at radius 3 is 2.23 bits per heavy atom. The molecule has 3 heteroatoms. The summed E-state index contributed by atoms with van der Waals surface area (Å²) >= 11 is 5.18. The van der Waals surface area contributed by atoms with Crippen molar-refractivity contribution in [3.05, 3.63) is 0 Å². The molecule has 2 N–H and O–H groups in total. The molecule has 0 saturated heterocycles. The van der Waals surface area contributed by atoms with Crippen molar-refractivity contribution >= 4 is 17.3 Å². The molecule has 1 aliphatic rings. The zero-order valence-electron chi connectivity index (χ0n) is 8.76. The van der Waals surface area contributed by atoms with Crippen molar-refractivity contribution in [2.45, 2.75) is 52.1 Å². The zero-order valence-corrected chi connectivity index (χ0v) is 9.58. The first-order chi connectivity index (χ1) is 6.09. The SMILES string of the molecule is CC(C)NC(=S)NC(C)C1CCC1. The normalized spacial score (nSPS) is 19.4. The van der Waals surface area contributed by atoms with Gasteiger partial charge in [-0.2, -0.15) is 0 Å². The second-order valence-electron chi connectivity index (χ2n) is 4.25. The van der Waals surface area contributed by atoms with Crippen LogP contribution in [0.1, 0.15) is 40.0 Å². The lowest BCUT2D eigenvalue weighted by molar-refractivity contribution is 0.258. The third kappa shape index (κ3) is 3.51. The molecule has 2 nitrogen and oxygen atoms in total. The Morgan fingerprint density at radius 2 is 1.85 bits per heavy atom. The van der Waals surface area contributed by atoms with Crippen LogP contribution in [0.25, 0.3) is 0 Å². The van der Waals surface area contributed by atoms with Gasteiger partial charge in [-0.3, -0.25) is 0 Å². The fraction of sp³-hybridized carbons (Fsp3) is 0.900. The Kier molecular flexibility index (Phi) is 3.97. The van der Waals surface area contributed by atoms with E-state index >= 15 is 0 Å². The summed E-state index contributed by atoms with van der Waals surface area (Å²) in [4.78, 5) is 0. The van der Waals surface area contributed by atoms with Crippen LogP contribution in [0.3, 0.4) is 0 Å². The summed E-state index contributed by atoms with van der Waals surface area (Å²) in [5.41, 5.74) is 0. The summed E-state index contributed by atoms with van der Waals surface area (Å²) in [6.45, 7) is 6.42. The van der Waals surface area contributed by atoms with Crippen molar-refractivity contribution in [3.8, 4) is 0 Å². The Morgan fingerprint density at radius 1 is 1.23 bits per heavy atom. The van der Waals surface area contributed by atoms with Crippen molar-refractivity contribution in [3.63, 3.8) is 0 Å². The number of nitrogens with one attached hydrogen (secondary N) is 2. The fourth-order valence-electron chi connectivity index (χ4n) is 1.57. The van der Waals surface area contributed by atoms with E-state index in [0.717, 1.165) is 11.0 Å². The molecular weight excluding hydrogens is 180 g/mol. The zero-order chi connectivity index (χ0) is 9.84. The van der Waals surface area contributed by atoms with E-state index < -0.39 is 0 Å². The molecule has 0 aliphatic heterocycles. The van der Waals surface area contributed by atoms with E-state index in [-0.39, 0.29) is 0 Å². The average Bonchev–Trinajstić information content (AvgIpc) is 1.78. The van der Waals surface area contributed by atoms with Crippen molar-refractivity contribution in [1.82, 2.24) is 10.6 Å². The molecule has 1 rings (SSSR count). The topological polar surface area (TPSA) is 24.1 Å². The van der Waals surface area contributed by atoms with Crippen molar-refractivity contribution in [2.75, 3.05) is 0 Å². The molecule has 0 aromatic heterocycles. The van der Waals surface area contributed by atoms with Gasteiger partial charge in [0.15, 0.2) is 5.11 Å². The summed E-state index contributed by atoms with van der Waals surface area (Å²) in [6, 6.07) is 0.959. The maximum absolute atomic E-state index is 5.18. The van der Waals surface area contributed by atoms with Gasteiger partial charge in [0.25, 0.3) is 0 Å². The lowest BCUT2D eigenvalue weighted by Crippen LogP contribution is -2.47. The third-order valence-electron chi connectivity index (χ3n) is 2.64. The van der Waals surface area contributed by atoms with Crippen molar-refractivity contribution in [2.24, 2.45) is 5.92 Å². The second-order valence-corrected chi connectivity index (χ2v) is 4.66. The van der Waals surface area contributed by atoms with E-state index in [1.165, 1.54) is 19.3 Å². The highest BCUT2D eigenvalue weighted by molar-refractivity contribution is 7.80. The summed E-state index contributed by atoms with van der Waals surface area (Å²) < 4.78 is 0. The van der Waals surface area contributed by atoms with Gasteiger partial charge < -0.3 is 10.6 Å². The fourth-order valence-corrected chi connectivity index (χ4v) is 1.99. The highest BCUT2D eigenvalue weighted by atomic mass is 32.1. The molecule has 76 valence electrons. The standard InChI is InChI=1S/C10H20N2S/c1-7(2)11-10(13)12-8(3)9-5-4-6-9/h7-9H,4-6H2,1-3H3,(H2,11,12,13). The van der Waals surface area contributed by atoms with Crippen LogP contribution in [0.15, 0.2) is 0 Å². The van der Waals surface area contributed by atoms with Crippen LogP contribution in [0, 0.1) is 5.92 Å². The van der Waals surface area contributed by atoms with Crippen LogP contribution in [0.4, 0.5) is 0 Å². The molecule has 0 aromatic carbocycles. The van der Waals surface area contributed by atoms with Crippen LogP contribution in [0.5, 0.6) is 0 Å². The summed E-state index contributed by atoms with van der Waals surface area (Å²) in [5.74, 6) is 0.840. The molecule has 0 spiro atoms. The van der Waals surface area contributed by atoms with E-state index in [1.807, 2.05) is 0 Å². The molecule has 0 amide bonds. The van der Waals surface area contributed by atoms with Gasteiger partial charge >= 0.3 is 0 Å². The van der Waals surface area contributed by atoms with Crippen LogP contribution in [-0.2, 0) is 0 Å². The van der Waals surface area contributed by atoms with E-state index in [0.29, 0.717) is 12.1 Å². The number of thiocarbonyl (C=S) groups is 1. The third-order valence-corrected chi connectivity index (χ3v) is 2.87. The van der Waals surface area contributed by atoms with E-state index in [4.69, 9.17) is 12.2 Å². The molecule has 0 aromatic rings. The first-order valence-electron chi connectivity index (χ1n) is 5.16. The van der Waals surface area contributed by atoms with Crippen molar-refractivity contribution in [1.29, 1.82) is 0 Å². The molecule has 0 heterocycles.